The fourth-order valence-electron chi connectivity index (χ4n) is 2.80. The minimum absolute atomic E-state index is 0.0867. The van der Waals surface area contributed by atoms with Gasteiger partial charge in [0.25, 0.3) is 5.69 Å². The summed E-state index contributed by atoms with van der Waals surface area (Å²) in [5, 5.41) is 42.2. The van der Waals surface area contributed by atoms with Crippen molar-refractivity contribution in [1.29, 1.82) is 0 Å². The highest BCUT2D eigenvalue weighted by atomic mass is 16.6. The maximum atomic E-state index is 12.7. The van der Waals surface area contributed by atoms with Crippen LogP contribution >= 0.6 is 0 Å². The zero-order valence-electron chi connectivity index (χ0n) is 14.1. The molecule has 0 heterocycles. The average molecular weight is 380 g/mol. The fraction of sp³-hybridized carbons (Fsp3) is 0. The SMILES string of the molecule is O=C(c1ccccc1)c1cccc(-c2cc(O)c(O)c([N+](=O)[O-])c2)c1[N+](=O)[O-]. The second kappa shape index (κ2) is 7.16. The third-order valence-corrected chi connectivity index (χ3v) is 4.08. The highest BCUT2D eigenvalue weighted by Gasteiger charge is 2.28. The maximum absolute atomic E-state index is 12.7. The highest BCUT2D eigenvalue weighted by molar-refractivity contribution is 6.12. The molecule has 0 spiro atoms. The van der Waals surface area contributed by atoms with Gasteiger partial charge in [-0.05, 0) is 23.8 Å². The summed E-state index contributed by atoms with van der Waals surface area (Å²) in [6.07, 6.45) is 0. The number of hydrogen-bond acceptors (Lipinski definition) is 7. The Balaban J connectivity index is 2.26. The molecule has 0 bridgehead atoms. The second-order valence-electron chi connectivity index (χ2n) is 5.77. The van der Waals surface area contributed by atoms with Gasteiger partial charge in [0, 0.05) is 11.6 Å². The summed E-state index contributed by atoms with van der Waals surface area (Å²) in [6.45, 7) is 0. The third-order valence-electron chi connectivity index (χ3n) is 4.08. The summed E-state index contributed by atoms with van der Waals surface area (Å²) in [7, 11) is 0. The molecule has 3 rings (SSSR count). The summed E-state index contributed by atoms with van der Waals surface area (Å²) < 4.78 is 0. The van der Waals surface area contributed by atoms with Crippen molar-refractivity contribution in [3.63, 3.8) is 0 Å². The molecule has 3 aromatic rings. The van der Waals surface area contributed by atoms with Gasteiger partial charge in [-0.1, -0.05) is 36.4 Å². The number of phenolic OH excluding ortho intramolecular Hbond substituents is 2. The summed E-state index contributed by atoms with van der Waals surface area (Å²) in [5.74, 6) is -2.35. The first kappa shape index (κ1) is 18.5. The number of ketones is 1. The fourth-order valence-corrected chi connectivity index (χ4v) is 2.80. The van der Waals surface area contributed by atoms with E-state index in [1.54, 1.807) is 18.2 Å². The van der Waals surface area contributed by atoms with Gasteiger partial charge in [0.1, 0.15) is 5.56 Å². The number of rotatable bonds is 5. The molecule has 9 heteroatoms. The van der Waals surface area contributed by atoms with E-state index >= 15 is 0 Å². The topological polar surface area (TPSA) is 144 Å². The largest absolute Gasteiger partial charge is 0.504 e. The van der Waals surface area contributed by atoms with Crippen molar-refractivity contribution >= 4 is 17.2 Å². The van der Waals surface area contributed by atoms with Gasteiger partial charge in [-0.25, -0.2) is 0 Å². The van der Waals surface area contributed by atoms with Crippen LogP contribution < -0.4 is 0 Å². The summed E-state index contributed by atoms with van der Waals surface area (Å²) >= 11 is 0. The van der Waals surface area contributed by atoms with Gasteiger partial charge in [0.2, 0.25) is 5.75 Å². The normalized spacial score (nSPS) is 10.4. The van der Waals surface area contributed by atoms with E-state index in [0.29, 0.717) is 0 Å². The van der Waals surface area contributed by atoms with E-state index in [2.05, 4.69) is 0 Å². The molecule has 0 atom stereocenters. The van der Waals surface area contributed by atoms with Crippen molar-refractivity contribution in [2.75, 3.05) is 0 Å². The minimum Gasteiger partial charge on any atom is -0.504 e. The van der Waals surface area contributed by atoms with E-state index < -0.39 is 38.5 Å². The van der Waals surface area contributed by atoms with E-state index in [4.69, 9.17) is 0 Å². The van der Waals surface area contributed by atoms with Crippen LogP contribution in [-0.4, -0.2) is 25.8 Å². The molecule has 0 unspecified atom stereocenters. The lowest BCUT2D eigenvalue weighted by Gasteiger charge is -2.09. The van der Waals surface area contributed by atoms with Crippen LogP contribution in [0.25, 0.3) is 11.1 Å². The van der Waals surface area contributed by atoms with Crippen LogP contribution in [0.15, 0.2) is 60.7 Å². The number of hydrogen-bond donors (Lipinski definition) is 2. The van der Waals surface area contributed by atoms with Crippen molar-refractivity contribution in [3.05, 3.63) is 92.0 Å². The molecular formula is C19H12N2O7. The molecule has 28 heavy (non-hydrogen) atoms. The summed E-state index contributed by atoms with van der Waals surface area (Å²) in [6, 6.07) is 13.8. The van der Waals surface area contributed by atoms with Gasteiger partial charge in [-0.3, -0.25) is 25.0 Å². The number of carbonyl (C=O) groups is 1. The first-order chi connectivity index (χ1) is 13.3. The third kappa shape index (κ3) is 3.23. The van der Waals surface area contributed by atoms with Crippen LogP contribution in [-0.2, 0) is 0 Å². The molecule has 0 aliphatic heterocycles. The quantitative estimate of drug-likeness (QED) is 0.296. The zero-order valence-corrected chi connectivity index (χ0v) is 14.1. The van der Waals surface area contributed by atoms with Crippen molar-refractivity contribution in [1.82, 2.24) is 0 Å². The van der Waals surface area contributed by atoms with Crippen molar-refractivity contribution in [2.24, 2.45) is 0 Å². The summed E-state index contributed by atoms with van der Waals surface area (Å²) in [4.78, 5) is 33.9. The Kier molecular flexibility index (Phi) is 4.73. The lowest BCUT2D eigenvalue weighted by atomic mass is 9.95. The van der Waals surface area contributed by atoms with Gasteiger partial charge in [-0.15, -0.1) is 0 Å². The van der Waals surface area contributed by atoms with Crippen LogP contribution in [0.4, 0.5) is 11.4 Å². The molecule has 0 amide bonds. The van der Waals surface area contributed by atoms with Gasteiger partial charge >= 0.3 is 5.69 Å². The lowest BCUT2D eigenvalue weighted by Crippen LogP contribution is -2.06. The second-order valence-corrected chi connectivity index (χ2v) is 5.77. The molecule has 3 aromatic carbocycles. The van der Waals surface area contributed by atoms with Crippen molar-refractivity contribution in [3.8, 4) is 22.6 Å². The molecule has 0 fully saturated rings. The van der Waals surface area contributed by atoms with Gasteiger partial charge in [0.15, 0.2) is 11.5 Å². The van der Waals surface area contributed by atoms with E-state index in [1.807, 2.05) is 0 Å². The number of benzene rings is 3. The Morgan fingerprint density at radius 1 is 0.857 bits per heavy atom. The Hall–Kier alpha value is -4.27. The van der Waals surface area contributed by atoms with Gasteiger partial charge in [0.05, 0.1) is 15.4 Å². The first-order valence-electron chi connectivity index (χ1n) is 7.89. The van der Waals surface area contributed by atoms with Gasteiger partial charge in [-0.2, -0.15) is 0 Å². The highest BCUT2D eigenvalue weighted by Crippen LogP contribution is 2.42. The van der Waals surface area contributed by atoms with Crippen LogP contribution in [0.3, 0.4) is 0 Å². The number of phenols is 2. The molecule has 2 N–H and O–H groups in total. The Morgan fingerprint density at radius 3 is 2.14 bits per heavy atom. The smallest absolute Gasteiger partial charge is 0.315 e. The molecule has 0 aromatic heterocycles. The number of nitrogens with zero attached hydrogens (tertiary/aromatic N) is 2. The molecule has 140 valence electrons. The number of carbonyl (C=O) groups excluding carboxylic acids is 1. The number of aromatic hydroxyl groups is 2. The number of para-hydroxylation sites is 1. The Bertz CT molecular complexity index is 1110. The average Bonchev–Trinajstić information content (AvgIpc) is 2.69. The molecule has 9 nitrogen and oxygen atoms in total. The molecule has 0 radical (unpaired) electrons. The molecule has 0 aliphatic carbocycles. The Morgan fingerprint density at radius 2 is 1.54 bits per heavy atom. The molecular weight excluding hydrogens is 368 g/mol. The van der Waals surface area contributed by atoms with E-state index in [9.17, 15) is 35.2 Å². The molecule has 0 saturated heterocycles. The zero-order chi connectivity index (χ0) is 20.4. The first-order valence-corrected chi connectivity index (χ1v) is 7.89. The van der Waals surface area contributed by atoms with Crippen LogP contribution in [0.1, 0.15) is 15.9 Å². The van der Waals surface area contributed by atoms with Crippen LogP contribution in [0, 0.1) is 20.2 Å². The minimum atomic E-state index is -0.951. The van der Waals surface area contributed by atoms with Crippen LogP contribution in [0.5, 0.6) is 11.5 Å². The van der Waals surface area contributed by atoms with Crippen molar-refractivity contribution in [2.45, 2.75) is 0 Å². The lowest BCUT2D eigenvalue weighted by molar-refractivity contribution is -0.386. The predicted octanol–water partition coefficient (Wildman–Crippen LogP) is 3.81. The molecule has 0 saturated carbocycles. The predicted molar refractivity (Wildman–Crippen MR) is 98.4 cm³/mol. The monoisotopic (exact) mass is 380 g/mol. The van der Waals surface area contributed by atoms with E-state index in [0.717, 1.165) is 12.1 Å². The number of nitro groups is 2. The van der Waals surface area contributed by atoms with Crippen LogP contribution in [0.2, 0.25) is 0 Å². The maximum Gasteiger partial charge on any atom is 0.315 e. The summed E-state index contributed by atoms with van der Waals surface area (Å²) in [5.41, 5.74) is -1.53. The van der Waals surface area contributed by atoms with Crippen molar-refractivity contribution < 1.29 is 24.9 Å². The molecule has 0 aliphatic rings. The van der Waals surface area contributed by atoms with E-state index in [-0.39, 0.29) is 22.3 Å². The van der Waals surface area contributed by atoms with Gasteiger partial charge < -0.3 is 10.2 Å². The number of nitro benzene ring substituents is 2. The standard InChI is InChI=1S/C19H12N2O7/c22-16-10-12(9-15(19(16)24)20(25)26)13-7-4-8-14(17(13)21(27)28)18(23)11-5-2-1-3-6-11/h1-10,22,24H. The van der Waals surface area contributed by atoms with E-state index in [1.165, 1.54) is 30.3 Å². The Labute approximate surface area is 157 Å².